The van der Waals surface area contributed by atoms with E-state index in [1.807, 2.05) is 0 Å². The molecule has 12 heteroatoms. The van der Waals surface area contributed by atoms with E-state index in [0.717, 1.165) is 0 Å². The Morgan fingerprint density at radius 1 is 0.784 bits per heavy atom. The van der Waals surface area contributed by atoms with Gasteiger partial charge in [0.2, 0.25) is 5.91 Å². The lowest BCUT2D eigenvalue weighted by Gasteiger charge is -2.11. The normalized spacial score (nSPS) is 19.2. The summed E-state index contributed by atoms with van der Waals surface area (Å²) in [6.07, 6.45) is 0. The largest absolute Gasteiger partial charge is 0.326 e. The number of benzene rings is 3. The van der Waals surface area contributed by atoms with E-state index in [9.17, 15) is 19.2 Å². The van der Waals surface area contributed by atoms with Gasteiger partial charge in [0.25, 0.3) is 17.7 Å². The highest BCUT2D eigenvalue weighted by molar-refractivity contribution is 6.53. The van der Waals surface area contributed by atoms with Crippen molar-refractivity contribution in [2.45, 2.75) is 10.3 Å². The Labute approximate surface area is 235 Å². The quantitative estimate of drug-likeness (QED) is 0.237. The second-order valence-electron chi connectivity index (χ2n) is 8.51. The number of carbonyl (C=O) groups is 4. The Morgan fingerprint density at radius 3 is 2.11 bits per heavy atom. The summed E-state index contributed by atoms with van der Waals surface area (Å²) < 4.78 is -1.37. The van der Waals surface area contributed by atoms with Crippen LogP contribution in [-0.4, -0.2) is 28.0 Å². The Balaban J connectivity index is 1.32. The Bertz CT molecular complexity index is 1500. The van der Waals surface area contributed by atoms with E-state index in [2.05, 4.69) is 16.0 Å². The highest BCUT2D eigenvalue weighted by Crippen LogP contribution is 2.65. The van der Waals surface area contributed by atoms with Gasteiger partial charge in [-0.2, -0.15) is 0 Å². The van der Waals surface area contributed by atoms with Gasteiger partial charge in [0, 0.05) is 27.3 Å². The number of hydrogen-bond donors (Lipinski definition) is 3. The predicted molar refractivity (Wildman–Crippen MR) is 143 cm³/mol. The van der Waals surface area contributed by atoms with Crippen LogP contribution in [0, 0.1) is 5.92 Å². The monoisotopic (exact) mass is 595 g/mol. The molecule has 1 saturated carbocycles. The van der Waals surface area contributed by atoms with Crippen LogP contribution in [0.1, 0.15) is 42.6 Å². The lowest BCUT2D eigenvalue weighted by Crippen LogP contribution is -2.19. The zero-order valence-electron chi connectivity index (χ0n) is 18.4. The minimum Gasteiger partial charge on any atom is -0.326 e. The zero-order chi connectivity index (χ0) is 26.6. The molecular weight excluding hydrogens is 584 g/mol. The van der Waals surface area contributed by atoms with Crippen molar-refractivity contribution in [2.75, 3.05) is 10.6 Å². The minimum absolute atomic E-state index is 0.0671. The van der Waals surface area contributed by atoms with E-state index >= 15 is 0 Å². The molecule has 5 rings (SSSR count). The molecule has 1 fully saturated rings. The van der Waals surface area contributed by atoms with Gasteiger partial charge in [-0.25, -0.2) is 0 Å². The van der Waals surface area contributed by atoms with Gasteiger partial charge in [-0.1, -0.05) is 34.8 Å². The molecule has 3 aromatic carbocycles. The van der Waals surface area contributed by atoms with Crippen molar-refractivity contribution in [3.63, 3.8) is 0 Å². The summed E-state index contributed by atoms with van der Waals surface area (Å²) in [6.45, 7) is 0. The van der Waals surface area contributed by atoms with Crippen LogP contribution < -0.4 is 16.0 Å². The van der Waals surface area contributed by atoms with Gasteiger partial charge in [0.1, 0.15) is 4.33 Å². The number of alkyl halides is 2. The topological polar surface area (TPSA) is 104 Å². The summed E-state index contributed by atoms with van der Waals surface area (Å²) in [6, 6.07) is 13.6. The lowest BCUT2D eigenvalue weighted by molar-refractivity contribution is -0.117. The van der Waals surface area contributed by atoms with Crippen LogP contribution in [0.15, 0.2) is 54.6 Å². The molecule has 0 radical (unpaired) electrons. The fourth-order valence-electron chi connectivity index (χ4n) is 4.26. The van der Waals surface area contributed by atoms with Crippen molar-refractivity contribution in [2.24, 2.45) is 5.92 Å². The van der Waals surface area contributed by atoms with Crippen molar-refractivity contribution in [1.82, 2.24) is 5.32 Å². The van der Waals surface area contributed by atoms with E-state index in [4.69, 9.17) is 58.0 Å². The molecule has 1 aliphatic carbocycles. The first-order valence-corrected chi connectivity index (χ1v) is 12.6. The smallest absolute Gasteiger partial charge is 0.259 e. The predicted octanol–water partition coefficient (Wildman–Crippen LogP) is 6.31. The maximum atomic E-state index is 13.0. The summed E-state index contributed by atoms with van der Waals surface area (Å²) in [5.74, 6) is -3.43. The van der Waals surface area contributed by atoms with Crippen molar-refractivity contribution < 1.29 is 19.2 Å². The number of hydrogen-bond acceptors (Lipinski definition) is 4. The molecule has 3 aromatic rings. The molecular formula is C25H14Cl5N3O4. The van der Waals surface area contributed by atoms with Crippen molar-refractivity contribution >= 4 is 93.0 Å². The maximum Gasteiger partial charge on any atom is 0.259 e. The summed E-state index contributed by atoms with van der Waals surface area (Å²) >= 11 is 31.2. The van der Waals surface area contributed by atoms with Crippen molar-refractivity contribution in [3.8, 4) is 0 Å². The van der Waals surface area contributed by atoms with Crippen LogP contribution in [0.4, 0.5) is 11.4 Å². The number of nitrogens with one attached hydrogen (secondary N) is 3. The van der Waals surface area contributed by atoms with Crippen LogP contribution in [0.25, 0.3) is 0 Å². The number of rotatable bonds is 5. The van der Waals surface area contributed by atoms with E-state index in [-0.39, 0.29) is 33.1 Å². The third-order valence-corrected chi connectivity index (χ3v) is 7.76. The molecule has 2 atom stereocenters. The third-order valence-electron chi connectivity index (χ3n) is 6.05. The maximum absolute atomic E-state index is 13.0. The summed E-state index contributed by atoms with van der Waals surface area (Å²) in [4.78, 5) is 49.6. The molecule has 4 amide bonds. The standard InChI is InChI=1S/C25H14Cl5N3O4/c26-11-5-10(6-12(27)7-11)19-20(25(19,29)30)24(37)32-14-2-4-18(28)17(9-14)23(36)31-13-1-3-15-16(8-13)22(35)33-21(15)34/h1-9,19-20H,(H,31,36)(H,32,37)(H,33,34,35). The first-order chi connectivity index (χ1) is 17.5. The molecule has 0 saturated heterocycles. The number of amides is 4. The number of fused-ring (bicyclic) bond motifs is 1. The molecule has 0 aromatic heterocycles. The second kappa shape index (κ2) is 9.49. The van der Waals surface area contributed by atoms with Gasteiger partial charge in [-0.3, -0.25) is 24.5 Å². The average Bonchev–Trinajstić information content (AvgIpc) is 3.29. The SMILES string of the molecule is O=C(Nc1ccc2c(c1)C(=O)NC2=O)c1cc(NC(=O)C2C(c3cc(Cl)cc(Cl)c3)C2(Cl)Cl)ccc1Cl. The summed E-state index contributed by atoms with van der Waals surface area (Å²) in [7, 11) is 0. The van der Waals surface area contributed by atoms with E-state index < -0.39 is 39.8 Å². The van der Waals surface area contributed by atoms with Crippen molar-refractivity contribution in [3.05, 3.63) is 91.9 Å². The molecule has 7 nitrogen and oxygen atoms in total. The Hall–Kier alpha value is -2.81. The van der Waals surface area contributed by atoms with Gasteiger partial charge in [-0.05, 0) is 60.2 Å². The van der Waals surface area contributed by atoms with Crippen LogP contribution >= 0.6 is 58.0 Å². The first-order valence-electron chi connectivity index (χ1n) is 10.7. The summed E-state index contributed by atoms with van der Waals surface area (Å²) in [5, 5.41) is 8.45. The highest BCUT2D eigenvalue weighted by atomic mass is 35.5. The molecule has 188 valence electrons. The zero-order valence-corrected chi connectivity index (χ0v) is 22.2. The third kappa shape index (κ3) is 4.90. The van der Waals surface area contributed by atoms with Gasteiger partial charge in [0.05, 0.1) is 27.6 Å². The number of halogens is 5. The van der Waals surface area contributed by atoms with Crippen LogP contribution in [0.5, 0.6) is 0 Å². The van der Waals surface area contributed by atoms with E-state index in [0.29, 0.717) is 15.6 Å². The number of anilines is 2. The molecule has 2 unspecified atom stereocenters. The van der Waals surface area contributed by atoms with Crippen LogP contribution in [-0.2, 0) is 4.79 Å². The van der Waals surface area contributed by atoms with Gasteiger partial charge < -0.3 is 10.6 Å². The van der Waals surface area contributed by atoms with Gasteiger partial charge >= 0.3 is 0 Å². The van der Waals surface area contributed by atoms with E-state index in [1.54, 1.807) is 18.2 Å². The Morgan fingerprint density at radius 2 is 1.41 bits per heavy atom. The average molecular weight is 598 g/mol. The molecule has 1 aliphatic heterocycles. The van der Waals surface area contributed by atoms with Gasteiger partial charge in [-0.15, -0.1) is 23.2 Å². The summed E-state index contributed by atoms with van der Waals surface area (Å²) in [5.41, 5.74) is 1.65. The molecule has 0 spiro atoms. The molecule has 0 bridgehead atoms. The molecule has 37 heavy (non-hydrogen) atoms. The molecule has 2 aliphatic rings. The fraction of sp³-hybridized carbons (Fsp3) is 0.120. The second-order valence-corrected chi connectivity index (χ2v) is 11.2. The molecule has 3 N–H and O–H groups in total. The van der Waals surface area contributed by atoms with Crippen molar-refractivity contribution in [1.29, 1.82) is 0 Å². The lowest BCUT2D eigenvalue weighted by atomic mass is 10.1. The fourth-order valence-corrected chi connectivity index (χ4v) is 5.84. The van der Waals surface area contributed by atoms with Crippen LogP contribution in [0.2, 0.25) is 15.1 Å². The number of carbonyl (C=O) groups excluding carboxylic acids is 4. The van der Waals surface area contributed by atoms with Crippen LogP contribution in [0.3, 0.4) is 0 Å². The minimum atomic E-state index is -1.37. The highest BCUT2D eigenvalue weighted by Gasteiger charge is 2.67. The Kier molecular flexibility index (Phi) is 6.63. The first kappa shape index (κ1) is 25.8. The van der Waals surface area contributed by atoms with E-state index in [1.165, 1.54) is 36.4 Å². The number of imide groups is 1. The molecule has 1 heterocycles. The van der Waals surface area contributed by atoms with Gasteiger partial charge in [0.15, 0.2) is 0 Å².